The largest absolute Gasteiger partial charge is 0.476 e. The molecule has 1 N–H and O–H groups in total. The lowest BCUT2D eigenvalue weighted by Crippen LogP contribution is -2.24. The lowest BCUT2D eigenvalue weighted by molar-refractivity contribution is 0.0691. The van der Waals surface area contributed by atoms with Crippen LogP contribution in [0.2, 0.25) is 0 Å². The second kappa shape index (κ2) is 5.95. The second-order valence-corrected chi connectivity index (χ2v) is 6.13. The minimum absolute atomic E-state index is 0.174. The van der Waals surface area contributed by atoms with Crippen LogP contribution in [0.4, 0.5) is 0 Å². The van der Waals surface area contributed by atoms with Crippen LogP contribution in [0.5, 0.6) is 0 Å². The van der Waals surface area contributed by atoms with Gasteiger partial charge >= 0.3 is 5.97 Å². The molecule has 4 aromatic rings. The summed E-state index contributed by atoms with van der Waals surface area (Å²) in [7, 11) is 0. The van der Waals surface area contributed by atoms with Crippen LogP contribution >= 0.6 is 11.3 Å². The highest BCUT2D eigenvalue weighted by Crippen LogP contribution is 2.23. The van der Waals surface area contributed by atoms with E-state index in [0.29, 0.717) is 21.6 Å². The molecule has 2 aromatic heterocycles. The second-order valence-electron chi connectivity index (χ2n) is 5.30. The molecular formula is C18H11N3O3S. The van der Waals surface area contributed by atoms with E-state index in [1.165, 1.54) is 11.3 Å². The van der Waals surface area contributed by atoms with E-state index < -0.39 is 11.5 Å². The molecule has 0 saturated heterocycles. The molecule has 2 heterocycles. The van der Waals surface area contributed by atoms with Crippen molar-refractivity contribution in [1.29, 1.82) is 0 Å². The molecule has 0 atom stereocenters. The molecule has 0 bridgehead atoms. The molecule has 0 aliphatic rings. The molecule has 122 valence electrons. The van der Waals surface area contributed by atoms with E-state index in [9.17, 15) is 14.7 Å². The molecule has 0 unspecified atom stereocenters. The first-order valence-electron chi connectivity index (χ1n) is 7.42. The third-order valence-electron chi connectivity index (χ3n) is 3.75. The number of benzene rings is 2. The average Bonchev–Trinajstić information content (AvgIpc) is 3.12. The van der Waals surface area contributed by atoms with Gasteiger partial charge in [0, 0.05) is 16.3 Å². The summed E-state index contributed by atoms with van der Waals surface area (Å²) in [6, 6.07) is 16.1. The molecule has 0 saturated carbocycles. The van der Waals surface area contributed by atoms with E-state index in [2.05, 4.69) is 10.1 Å². The van der Waals surface area contributed by atoms with Crippen molar-refractivity contribution in [2.75, 3.05) is 0 Å². The van der Waals surface area contributed by atoms with Crippen molar-refractivity contribution in [3.63, 3.8) is 0 Å². The number of hydrogen-bond donors (Lipinski definition) is 1. The van der Waals surface area contributed by atoms with Gasteiger partial charge < -0.3 is 5.11 Å². The van der Waals surface area contributed by atoms with E-state index in [1.807, 2.05) is 35.7 Å². The smallest absolute Gasteiger partial charge is 0.357 e. The fraction of sp³-hybridized carbons (Fsp3) is 0. The quantitative estimate of drug-likeness (QED) is 0.614. The first-order chi connectivity index (χ1) is 12.1. The molecule has 4 rings (SSSR count). The van der Waals surface area contributed by atoms with Gasteiger partial charge in [-0.3, -0.25) is 4.79 Å². The summed E-state index contributed by atoms with van der Waals surface area (Å²) < 4.78 is 1.06. The van der Waals surface area contributed by atoms with E-state index in [4.69, 9.17) is 0 Å². The minimum atomic E-state index is -1.19. The molecule has 25 heavy (non-hydrogen) atoms. The highest BCUT2D eigenvalue weighted by molar-refractivity contribution is 7.12. The summed E-state index contributed by atoms with van der Waals surface area (Å²) in [6.45, 7) is 0. The Morgan fingerprint density at radius 3 is 2.40 bits per heavy atom. The molecule has 0 aliphatic heterocycles. The van der Waals surface area contributed by atoms with Crippen LogP contribution in [-0.4, -0.2) is 25.8 Å². The number of carboxylic acids is 1. The van der Waals surface area contributed by atoms with Crippen LogP contribution in [0.15, 0.2) is 64.8 Å². The van der Waals surface area contributed by atoms with Crippen LogP contribution in [-0.2, 0) is 0 Å². The van der Waals surface area contributed by atoms with Gasteiger partial charge in [0.05, 0.1) is 11.1 Å². The predicted molar refractivity (Wildman–Crippen MR) is 95.4 cm³/mol. The van der Waals surface area contributed by atoms with Crippen molar-refractivity contribution in [1.82, 2.24) is 14.8 Å². The van der Waals surface area contributed by atoms with Gasteiger partial charge in [0.2, 0.25) is 5.13 Å². The van der Waals surface area contributed by atoms with Gasteiger partial charge in [-0.25, -0.2) is 9.78 Å². The predicted octanol–water partition coefficient (Wildman–Crippen LogP) is 3.21. The maximum atomic E-state index is 12.7. The number of nitrogens with zero attached hydrogens (tertiary/aromatic N) is 3. The number of fused-ring (bicyclic) bond motifs is 1. The van der Waals surface area contributed by atoms with Crippen molar-refractivity contribution >= 4 is 28.1 Å². The Bertz CT molecular complexity index is 1150. The maximum absolute atomic E-state index is 12.7. The lowest BCUT2D eigenvalue weighted by atomic mass is 10.1. The summed E-state index contributed by atoms with van der Waals surface area (Å²) in [6.07, 6.45) is 0. The Morgan fingerprint density at radius 2 is 1.68 bits per heavy atom. The summed E-state index contributed by atoms with van der Waals surface area (Å²) >= 11 is 1.24. The normalized spacial score (nSPS) is 10.9. The summed E-state index contributed by atoms with van der Waals surface area (Å²) in [5.41, 5.74) is 1.05. The van der Waals surface area contributed by atoms with Crippen molar-refractivity contribution in [3.05, 3.63) is 76.0 Å². The summed E-state index contributed by atoms with van der Waals surface area (Å²) in [5.74, 6) is -1.19. The average molecular weight is 349 g/mol. The monoisotopic (exact) mass is 349 g/mol. The van der Waals surface area contributed by atoms with Crippen LogP contribution in [0.1, 0.15) is 10.5 Å². The first kappa shape index (κ1) is 15.2. The van der Waals surface area contributed by atoms with Crippen molar-refractivity contribution in [2.45, 2.75) is 0 Å². The zero-order chi connectivity index (χ0) is 17.4. The van der Waals surface area contributed by atoms with Gasteiger partial charge in [-0.2, -0.15) is 9.78 Å². The Balaban J connectivity index is 1.93. The Hall–Kier alpha value is -3.32. The van der Waals surface area contributed by atoms with E-state index in [0.717, 1.165) is 10.2 Å². The minimum Gasteiger partial charge on any atom is -0.476 e. The van der Waals surface area contributed by atoms with Crippen LogP contribution in [0, 0.1) is 0 Å². The third kappa shape index (κ3) is 2.60. The first-order valence-corrected chi connectivity index (χ1v) is 8.30. The number of hydrogen-bond acceptors (Lipinski definition) is 5. The number of carboxylic acid groups (broad SMARTS) is 1. The van der Waals surface area contributed by atoms with Crippen molar-refractivity contribution in [3.8, 4) is 16.4 Å². The van der Waals surface area contributed by atoms with Crippen molar-refractivity contribution < 1.29 is 9.90 Å². The number of carbonyl (C=O) groups is 1. The van der Waals surface area contributed by atoms with Crippen LogP contribution in [0.25, 0.3) is 27.2 Å². The summed E-state index contributed by atoms with van der Waals surface area (Å²) in [5, 5.41) is 16.2. The Labute approximate surface area is 145 Å². The highest BCUT2D eigenvalue weighted by Gasteiger charge is 2.18. The Morgan fingerprint density at radius 1 is 1.00 bits per heavy atom. The zero-order valence-electron chi connectivity index (χ0n) is 12.8. The van der Waals surface area contributed by atoms with Crippen LogP contribution < -0.4 is 5.56 Å². The van der Waals surface area contributed by atoms with Gasteiger partial charge in [0.15, 0.2) is 5.69 Å². The molecule has 6 nitrogen and oxygen atoms in total. The van der Waals surface area contributed by atoms with Crippen LogP contribution in [0.3, 0.4) is 0 Å². The molecule has 0 aliphatic carbocycles. The molecule has 7 heteroatoms. The molecule has 0 radical (unpaired) electrons. The maximum Gasteiger partial charge on any atom is 0.357 e. The van der Waals surface area contributed by atoms with Gasteiger partial charge in [0.25, 0.3) is 5.56 Å². The van der Waals surface area contributed by atoms with Gasteiger partial charge in [-0.05, 0) is 6.07 Å². The summed E-state index contributed by atoms with van der Waals surface area (Å²) in [4.78, 5) is 28.7. The highest BCUT2D eigenvalue weighted by atomic mass is 32.1. The third-order valence-corrected chi connectivity index (χ3v) is 4.57. The Kier molecular flexibility index (Phi) is 3.62. The molecule has 0 spiro atoms. The molecular weight excluding hydrogens is 338 g/mol. The van der Waals surface area contributed by atoms with E-state index in [1.54, 1.807) is 24.3 Å². The van der Waals surface area contributed by atoms with Gasteiger partial charge in [-0.1, -0.05) is 48.5 Å². The number of aromatic nitrogens is 3. The van der Waals surface area contributed by atoms with Gasteiger partial charge in [0.1, 0.15) is 0 Å². The number of thiazole rings is 1. The molecule has 0 fully saturated rings. The fourth-order valence-corrected chi connectivity index (χ4v) is 3.36. The van der Waals surface area contributed by atoms with E-state index in [-0.39, 0.29) is 5.69 Å². The van der Waals surface area contributed by atoms with Crippen molar-refractivity contribution in [2.24, 2.45) is 0 Å². The number of rotatable bonds is 3. The standard InChI is InChI=1S/C18H11N3O3S/c22-16-13-9-5-4-8-12(13)15(17(23)24)20-21(16)18-19-14(10-25-18)11-6-2-1-3-7-11/h1-10H,(H,23,24). The topological polar surface area (TPSA) is 85.1 Å². The molecule has 0 amide bonds. The van der Waals surface area contributed by atoms with E-state index >= 15 is 0 Å². The zero-order valence-corrected chi connectivity index (χ0v) is 13.6. The molecule has 2 aromatic carbocycles. The fourth-order valence-electron chi connectivity index (χ4n) is 2.58. The SMILES string of the molecule is O=C(O)c1nn(-c2nc(-c3ccccc3)cs2)c(=O)c2ccccc12. The number of aromatic carboxylic acids is 1. The lowest BCUT2D eigenvalue weighted by Gasteiger charge is -2.06. The van der Waals surface area contributed by atoms with Gasteiger partial charge in [-0.15, -0.1) is 11.3 Å².